The molecule has 0 radical (unpaired) electrons. The van der Waals surface area contributed by atoms with Crippen molar-refractivity contribution in [3.05, 3.63) is 87.4 Å². The van der Waals surface area contributed by atoms with Gasteiger partial charge in [0.2, 0.25) is 11.0 Å². The molecule has 0 aromatic heterocycles. The largest absolute Gasteiger partial charge is 0.496 e. The molecule has 0 heterocycles. The summed E-state index contributed by atoms with van der Waals surface area (Å²) in [5.41, 5.74) is -1.19. The highest BCUT2D eigenvalue weighted by Crippen LogP contribution is 2.57. The van der Waals surface area contributed by atoms with E-state index in [2.05, 4.69) is 0 Å². The summed E-state index contributed by atoms with van der Waals surface area (Å²) in [4.78, 5) is 27.5. The molecule has 5 nitrogen and oxygen atoms in total. The van der Waals surface area contributed by atoms with Gasteiger partial charge in [-0.05, 0) is 30.7 Å². The van der Waals surface area contributed by atoms with Crippen molar-refractivity contribution in [2.75, 3.05) is 14.2 Å². The van der Waals surface area contributed by atoms with E-state index >= 15 is 0 Å². The molecule has 3 aromatic carbocycles. The predicted octanol–water partition coefficient (Wildman–Crippen LogP) is 5.99. The van der Waals surface area contributed by atoms with Crippen LogP contribution in [-0.4, -0.2) is 25.3 Å². The summed E-state index contributed by atoms with van der Waals surface area (Å²) < 4.78 is 25.4. The first-order chi connectivity index (χ1) is 14.8. The van der Waals surface area contributed by atoms with Gasteiger partial charge in [0, 0.05) is 11.1 Å². The van der Waals surface area contributed by atoms with Crippen LogP contribution in [0.2, 0.25) is 10.0 Å². The Morgan fingerprint density at radius 3 is 2.06 bits per heavy atom. The number of benzene rings is 3. The second-order valence-corrected chi connectivity index (χ2v) is 9.94. The molecule has 0 spiro atoms. The Hall–Kier alpha value is -2.59. The Labute approximate surface area is 190 Å². The average Bonchev–Trinajstić information content (AvgIpc) is 2.78. The summed E-state index contributed by atoms with van der Waals surface area (Å²) in [6, 6.07) is 15.7. The maximum absolute atomic E-state index is 14.7. The van der Waals surface area contributed by atoms with Crippen LogP contribution in [-0.2, 0) is 4.57 Å². The van der Waals surface area contributed by atoms with Gasteiger partial charge in [0.15, 0.2) is 5.75 Å². The van der Waals surface area contributed by atoms with Crippen LogP contribution in [0.4, 0.5) is 0 Å². The number of rotatable bonds is 7. The molecule has 31 heavy (non-hydrogen) atoms. The van der Waals surface area contributed by atoms with Crippen LogP contribution in [0, 0.1) is 6.92 Å². The zero-order chi connectivity index (χ0) is 22.8. The standard InChI is InChI=1S/C23H19Cl2O5P/c1-14-8-7-11-16(24)19(14)23(27)31(28,22(26)15-9-5-4-6-10-15)21-18(29-2)13-12-17(25)20(21)30-3/h4-13H,1-3H3. The SMILES string of the molecule is COc1ccc(Cl)c(OC)c1P(=O)(C(=O)c1ccccc1)C(=O)c1c(C)cccc1Cl. The molecule has 3 aromatic rings. The van der Waals surface area contributed by atoms with Gasteiger partial charge in [-0.1, -0.05) is 65.7 Å². The summed E-state index contributed by atoms with van der Waals surface area (Å²) in [5.74, 6) is -0.0152. The maximum atomic E-state index is 14.7. The van der Waals surface area contributed by atoms with Crippen molar-refractivity contribution in [2.45, 2.75) is 6.92 Å². The van der Waals surface area contributed by atoms with E-state index in [4.69, 9.17) is 32.7 Å². The van der Waals surface area contributed by atoms with Gasteiger partial charge in [-0.3, -0.25) is 9.59 Å². The molecular formula is C23H19Cl2O5P. The first-order valence-corrected chi connectivity index (χ1v) is 11.6. The minimum Gasteiger partial charge on any atom is -0.496 e. The smallest absolute Gasteiger partial charge is 0.256 e. The average molecular weight is 477 g/mol. The lowest BCUT2D eigenvalue weighted by Crippen LogP contribution is -2.24. The highest BCUT2D eigenvalue weighted by atomic mass is 35.5. The zero-order valence-electron chi connectivity index (χ0n) is 17.0. The van der Waals surface area contributed by atoms with Gasteiger partial charge >= 0.3 is 0 Å². The molecule has 0 fully saturated rings. The van der Waals surface area contributed by atoms with Crippen LogP contribution < -0.4 is 14.8 Å². The van der Waals surface area contributed by atoms with E-state index < -0.39 is 18.2 Å². The van der Waals surface area contributed by atoms with E-state index in [9.17, 15) is 14.2 Å². The first-order valence-electron chi connectivity index (χ1n) is 9.18. The third kappa shape index (κ3) is 4.01. The van der Waals surface area contributed by atoms with E-state index in [0.717, 1.165) is 0 Å². The summed E-state index contributed by atoms with van der Waals surface area (Å²) in [7, 11) is -1.93. The first kappa shape index (κ1) is 23.1. The lowest BCUT2D eigenvalue weighted by atomic mass is 10.1. The van der Waals surface area contributed by atoms with Crippen LogP contribution in [0.25, 0.3) is 0 Å². The molecule has 0 saturated heterocycles. The second-order valence-electron chi connectivity index (χ2n) is 6.65. The maximum Gasteiger partial charge on any atom is 0.256 e. The fraction of sp³-hybridized carbons (Fsp3) is 0.130. The fourth-order valence-corrected chi connectivity index (χ4v) is 6.67. The van der Waals surface area contributed by atoms with Crippen molar-refractivity contribution in [2.24, 2.45) is 0 Å². The number of hydrogen-bond donors (Lipinski definition) is 0. The number of hydrogen-bond acceptors (Lipinski definition) is 5. The predicted molar refractivity (Wildman–Crippen MR) is 123 cm³/mol. The Morgan fingerprint density at radius 1 is 0.806 bits per heavy atom. The molecule has 8 heteroatoms. The summed E-state index contributed by atoms with van der Waals surface area (Å²) in [6.45, 7) is 1.66. The summed E-state index contributed by atoms with van der Waals surface area (Å²) >= 11 is 12.6. The van der Waals surface area contributed by atoms with Crippen molar-refractivity contribution in [1.82, 2.24) is 0 Å². The molecule has 1 unspecified atom stereocenters. The zero-order valence-corrected chi connectivity index (χ0v) is 19.4. The van der Waals surface area contributed by atoms with Crippen molar-refractivity contribution >= 4 is 46.7 Å². The molecule has 160 valence electrons. The van der Waals surface area contributed by atoms with E-state index in [0.29, 0.717) is 5.56 Å². The Kier molecular flexibility index (Phi) is 6.90. The van der Waals surface area contributed by atoms with Crippen molar-refractivity contribution < 1.29 is 23.6 Å². The molecule has 0 aliphatic rings. The van der Waals surface area contributed by atoms with Crippen LogP contribution in [0.5, 0.6) is 11.5 Å². The number of carbonyl (C=O) groups excluding carboxylic acids is 2. The second kappa shape index (κ2) is 9.27. The minimum atomic E-state index is -4.58. The van der Waals surface area contributed by atoms with Gasteiger partial charge in [-0.25, -0.2) is 0 Å². The number of methoxy groups -OCH3 is 2. The van der Waals surface area contributed by atoms with E-state index in [1.54, 1.807) is 37.3 Å². The summed E-state index contributed by atoms with van der Waals surface area (Å²) in [6.07, 6.45) is 0. The van der Waals surface area contributed by atoms with Gasteiger partial charge < -0.3 is 14.0 Å². The molecule has 0 saturated carbocycles. The lowest BCUT2D eigenvalue weighted by Gasteiger charge is -2.23. The van der Waals surface area contributed by atoms with Crippen LogP contribution in [0.1, 0.15) is 26.3 Å². The molecule has 0 N–H and O–H groups in total. The Balaban J connectivity index is 2.43. The van der Waals surface area contributed by atoms with Crippen molar-refractivity contribution in [3.63, 3.8) is 0 Å². The van der Waals surface area contributed by atoms with E-state index in [1.165, 1.54) is 44.6 Å². The third-order valence-corrected chi connectivity index (χ3v) is 8.11. The molecular weight excluding hydrogens is 458 g/mol. The fourth-order valence-electron chi connectivity index (χ4n) is 3.30. The minimum absolute atomic E-state index is 0.000799. The number of aryl methyl sites for hydroxylation is 1. The Bertz CT molecular complexity index is 1190. The highest BCUT2D eigenvalue weighted by Gasteiger charge is 2.48. The quantitative estimate of drug-likeness (QED) is 0.391. The van der Waals surface area contributed by atoms with Crippen LogP contribution in [0.15, 0.2) is 60.7 Å². The van der Waals surface area contributed by atoms with Gasteiger partial charge in [0.25, 0.3) is 7.14 Å². The van der Waals surface area contributed by atoms with E-state index in [1.807, 2.05) is 0 Å². The van der Waals surface area contributed by atoms with Gasteiger partial charge in [0.1, 0.15) is 11.1 Å². The molecule has 0 aliphatic heterocycles. The summed E-state index contributed by atoms with van der Waals surface area (Å²) in [5, 5.41) is -0.0164. The van der Waals surface area contributed by atoms with Crippen LogP contribution in [0.3, 0.4) is 0 Å². The number of carbonyl (C=O) groups is 2. The third-order valence-electron chi connectivity index (χ3n) is 4.81. The molecule has 1 atom stereocenters. The Morgan fingerprint density at radius 2 is 1.48 bits per heavy atom. The normalized spacial score (nSPS) is 12.7. The lowest BCUT2D eigenvalue weighted by molar-refractivity contribution is 0.104. The van der Waals surface area contributed by atoms with Gasteiger partial charge in [-0.2, -0.15) is 0 Å². The molecule has 0 amide bonds. The highest BCUT2D eigenvalue weighted by molar-refractivity contribution is 8.01. The molecule has 0 aliphatic carbocycles. The number of halogens is 2. The molecule has 3 rings (SSSR count). The topological polar surface area (TPSA) is 69.7 Å². The van der Waals surface area contributed by atoms with Crippen LogP contribution >= 0.6 is 30.3 Å². The van der Waals surface area contributed by atoms with E-state index in [-0.39, 0.29) is 38.0 Å². The van der Waals surface area contributed by atoms with Crippen molar-refractivity contribution in [3.8, 4) is 11.5 Å². The van der Waals surface area contributed by atoms with Gasteiger partial charge in [0.05, 0.1) is 24.3 Å². The number of ether oxygens (including phenoxy) is 2. The molecule has 0 bridgehead atoms. The monoisotopic (exact) mass is 476 g/mol. The van der Waals surface area contributed by atoms with Crippen molar-refractivity contribution in [1.29, 1.82) is 0 Å². The van der Waals surface area contributed by atoms with Gasteiger partial charge in [-0.15, -0.1) is 0 Å².